The third kappa shape index (κ3) is 3.37. The van der Waals surface area contributed by atoms with Crippen molar-refractivity contribution in [3.63, 3.8) is 0 Å². The lowest BCUT2D eigenvalue weighted by molar-refractivity contribution is -0.120. The van der Waals surface area contributed by atoms with E-state index in [2.05, 4.69) is 21.0 Å². The first kappa shape index (κ1) is 16.4. The number of imide groups is 1. The molecule has 0 aliphatic heterocycles. The molecule has 3 amide bonds. The zero-order valence-electron chi connectivity index (χ0n) is 14.9. The standard InChI is InChI=1S/C18H27N5O2/c1-11(19-15-3-4-23(2)22-15)16(24)20-17(25)21-18-8-12-5-13(9-18)7-14(6-12)10-18/h3-4,11-14H,5-10H2,1-2H3,(H,19,22)(H2,20,21,24,25). The van der Waals surface area contributed by atoms with Crippen LogP contribution in [0, 0.1) is 17.8 Å². The van der Waals surface area contributed by atoms with Gasteiger partial charge in [0, 0.05) is 24.8 Å². The molecule has 1 aromatic heterocycles. The fourth-order valence-electron chi connectivity index (χ4n) is 5.54. The van der Waals surface area contributed by atoms with Gasteiger partial charge in [-0.3, -0.25) is 14.8 Å². The number of anilines is 1. The lowest BCUT2D eigenvalue weighted by atomic mass is 9.53. The summed E-state index contributed by atoms with van der Waals surface area (Å²) in [4.78, 5) is 24.7. The Morgan fingerprint density at radius 3 is 2.32 bits per heavy atom. The second-order valence-electron chi connectivity index (χ2n) is 8.38. The van der Waals surface area contributed by atoms with Crippen LogP contribution in [0.3, 0.4) is 0 Å². The van der Waals surface area contributed by atoms with Crippen LogP contribution in [0.5, 0.6) is 0 Å². The van der Waals surface area contributed by atoms with Gasteiger partial charge < -0.3 is 10.6 Å². The van der Waals surface area contributed by atoms with Crippen LogP contribution in [-0.4, -0.2) is 33.3 Å². The Morgan fingerprint density at radius 2 is 1.80 bits per heavy atom. The van der Waals surface area contributed by atoms with Crippen molar-refractivity contribution in [1.82, 2.24) is 20.4 Å². The number of hydrogen-bond donors (Lipinski definition) is 3. The lowest BCUT2D eigenvalue weighted by Gasteiger charge is -2.56. The van der Waals surface area contributed by atoms with Gasteiger partial charge in [0.05, 0.1) is 0 Å². The van der Waals surface area contributed by atoms with Crippen LogP contribution in [0.1, 0.15) is 45.4 Å². The van der Waals surface area contributed by atoms with E-state index in [4.69, 9.17) is 0 Å². The van der Waals surface area contributed by atoms with Crippen molar-refractivity contribution in [1.29, 1.82) is 0 Å². The van der Waals surface area contributed by atoms with E-state index in [1.807, 2.05) is 7.05 Å². The highest BCUT2D eigenvalue weighted by atomic mass is 16.2. The summed E-state index contributed by atoms with van der Waals surface area (Å²) in [5.74, 6) is 2.55. The Labute approximate surface area is 147 Å². The highest BCUT2D eigenvalue weighted by Gasteiger charge is 2.51. The fraction of sp³-hybridized carbons (Fsp3) is 0.722. The summed E-state index contributed by atoms with van der Waals surface area (Å²) in [6.45, 7) is 1.72. The predicted molar refractivity (Wildman–Crippen MR) is 93.9 cm³/mol. The molecule has 7 heteroatoms. The largest absolute Gasteiger partial charge is 0.357 e. The van der Waals surface area contributed by atoms with Gasteiger partial charge in [-0.05, 0) is 63.2 Å². The lowest BCUT2D eigenvalue weighted by Crippen LogP contribution is -2.62. The van der Waals surface area contributed by atoms with Crippen molar-refractivity contribution in [3.05, 3.63) is 12.3 Å². The van der Waals surface area contributed by atoms with Crippen molar-refractivity contribution in [2.24, 2.45) is 24.8 Å². The summed E-state index contributed by atoms with van der Waals surface area (Å²) < 4.78 is 1.66. The van der Waals surface area contributed by atoms with Crippen LogP contribution in [0.25, 0.3) is 0 Å². The summed E-state index contributed by atoms with van der Waals surface area (Å²) in [5, 5.41) is 12.8. The van der Waals surface area contributed by atoms with Crippen molar-refractivity contribution in [3.8, 4) is 0 Å². The van der Waals surface area contributed by atoms with Gasteiger partial charge in [0.15, 0.2) is 0 Å². The van der Waals surface area contributed by atoms with E-state index in [0.29, 0.717) is 5.82 Å². The Bertz CT molecular complexity index is 647. The van der Waals surface area contributed by atoms with Crippen LogP contribution < -0.4 is 16.0 Å². The molecule has 4 aliphatic rings. The smallest absolute Gasteiger partial charge is 0.321 e. The Kier molecular flexibility index (Phi) is 3.96. The van der Waals surface area contributed by atoms with Gasteiger partial charge in [0.1, 0.15) is 11.9 Å². The third-order valence-corrected chi connectivity index (χ3v) is 6.12. The van der Waals surface area contributed by atoms with Crippen molar-refractivity contribution >= 4 is 17.8 Å². The molecule has 4 aliphatic carbocycles. The van der Waals surface area contributed by atoms with Crippen molar-refractivity contribution in [2.45, 2.75) is 57.0 Å². The molecule has 0 spiro atoms. The first-order chi connectivity index (χ1) is 11.9. The molecule has 7 nitrogen and oxygen atoms in total. The monoisotopic (exact) mass is 345 g/mol. The van der Waals surface area contributed by atoms with Crippen LogP contribution in [0.2, 0.25) is 0 Å². The summed E-state index contributed by atoms with van der Waals surface area (Å²) in [6.07, 6.45) is 8.99. The molecule has 25 heavy (non-hydrogen) atoms. The average molecular weight is 345 g/mol. The molecule has 3 N–H and O–H groups in total. The van der Waals surface area contributed by atoms with Gasteiger partial charge in [-0.15, -0.1) is 0 Å². The molecule has 1 atom stereocenters. The minimum atomic E-state index is -0.531. The van der Waals surface area contributed by atoms with E-state index in [1.54, 1.807) is 23.9 Å². The molecule has 0 radical (unpaired) electrons. The van der Waals surface area contributed by atoms with Crippen LogP contribution >= 0.6 is 0 Å². The summed E-state index contributed by atoms with van der Waals surface area (Å²) in [6, 6.07) is 0.901. The molecule has 1 aromatic rings. The van der Waals surface area contributed by atoms with Gasteiger partial charge in [-0.2, -0.15) is 5.10 Å². The zero-order valence-corrected chi connectivity index (χ0v) is 14.9. The Balaban J connectivity index is 1.32. The molecule has 4 fully saturated rings. The van der Waals surface area contributed by atoms with Gasteiger partial charge >= 0.3 is 6.03 Å². The van der Waals surface area contributed by atoms with E-state index < -0.39 is 6.04 Å². The number of carbonyl (C=O) groups excluding carboxylic acids is 2. The van der Waals surface area contributed by atoms with Gasteiger partial charge in [-0.1, -0.05) is 0 Å². The average Bonchev–Trinajstić information content (AvgIpc) is 2.90. The highest BCUT2D eigenvalue weighted by molar-refractivity contribution is 5.98. The van der Waals surface area contributed by atoms with E-state index in [-0.39, 0.29) is 17.5 Å². The zero-order chi connectivity index (χ0) is 17.6. The van der Waals surface area contributed by atoms with Crippen LogP contribution in [0.4, 0.5) is 10.6 Å². The summed E-state index contributed by atoms with van der Waals surface area (Å²) in [7, 11) is 1.81. The molecule has 4 saturated carbocycles. The molecule has 0 aromatic carbocycles. The number of carbonyl (C=O) groups is 2. The van der Waals surface area contributed by atoms with E-state index in [0.717, 1.165) is 37.0 Å². The Hall–Kier alpha value is -2.05. The molecular formula is C18H27N5O2. The third-order valence-electron chi connectivity index (χ3n) is 6.12. The number of urea groups is 1. The normalized spacial score (nSPS) is 33.8. The quantitative estimate of drug-likeness (QED) is 0.779. The first-order valence-corrected chi connectivity index (χ1v) is 9.30. The number of nitrogens with zero attached hydrogens (tertiary/aromatic N) is 2. The first-order valence-electron chi connectivity index (χ1n) is 9.30. The maximum absolute atomic E-state index is 12.4. The molecule has 1 heterocycles. The molecule has 0 saturated heterocycles. The molecule has 4 bridgehead atoms. The fourth-order valence-corrected chi connectivity index (χ4v) is 5.54. The number of amides is 3. The second-order valence-corrected chi connectivity index (χ2v) is 8.38. The maximum Gasteiger partial charge on any atom is 0.321 e. The second kappa shape index (κ2) is 6.04. The topological polar surface area (TPSA) is 88.1 Å². The number of aromatic nitrogens is 2. The molecular weight excluding hydrogens is 318 g/mol. The Morgan fingerprint density at radius 1 is 1.20 bits per heavy atom. The van der Waals surface area contributed by atoms with Gasteiger partial charge in [0.2, 0.25) is 5.91 Å². The van der Waals surface area contributed by atoms with E-state index >= 15 is 0 Å². The minimum Gasteiger partial charge on any atom is -0.357 e. The SMILES string of the molecule is CC(Nc1ccn(C)n1)C(=O)NC(=O)NC12CC3CC(CC(C3)C1)C2. The van der Waals surface area contributed by atoms with Crippen molar-refractivity contribution in [2.75, 3.05) is 5.32 Å². The van der Waals surface area contributed by atoms with Crippen LogP contribution in [0.15, 0.2) is 12.3 Å². The van der Waals surface area contributed by atoms with Gasteiger partial charge in [0.25, 0.3) is 0 Å². The molecule has 136 valence electrons. The van der Waals surface area contributed by atoms with E-state index in [1.165, 1.54) is 19.3 Å². The van der Waals surface area contributed by atoms with E-state index in [9.17, 15) is 9.59 Å². The predicted octanol–water partition coefficient (Wildman–Crippen LogP) is 2.02. The minimum absolute atomic E-state index is 0.0865. The van der Waals surface area contributed by atoms with Crippen LogP contribution in [-0.2, 0) is 11.8 Å². The number of rotatable bonds is 4. The number of nitrogens with one attached hydrogen (secondary N) is 3. The number of hydrogen-bond acceptors (Lipinski definition) is 4. The maximum atomic E-state index is 12.4. The van der Waals surface area contributed by atoms with Gasteiger partial charge in [-0.25, -0.2) is 4.79 Å². The highest BCUT2D eigenvalue weighted by Crippen LogP contribution is 2.55. The molecule has 5 rings (SSSR count). The molecule has 1 unspecified atom stereocenters. The summed E-state index contributed by atoms with van der Waals surface area (Å²) >= 11 is 0. The number of aryl methyl sites for hydroxylation is 1. The van der Waals surface area contributed by atoms with Crippen molar-refractivity contribution < 1.29 is 9.59 Å². The summed E-state index contributed by atoms with van der Waals surface area (Å²) in [5.41, 5.74) is -0.0865.